The van der Waals surface area contributed by atoms with Crippen molar-refractivity contribution >= 4 is 17.5 Å². The van der Waals surface area contributed by atoms with E-state index in [1.807, 2.05) is 24.3 Å². The molecule has 0 atom stereocenters. The molecular weight excluding hydrogens is 344 g/mol. The predicted octanol–water partition coefficient (Wildman–Crippen LogP) is 1.97. The lowest BCUT2D eigenvalue weighted by Gasteiger charge is -2.39. The van der Waals surface area contributed by atoms with Gasteiger partial charge in [0.2, 0.25) is 11.8 Å². The molecule has 0 spiro atoms. The molecule has 0 bridgehead atoms. The maximum absolute atomic E-state index is 12.3. The zero-order valence-corrected chi connectivity index (χ0v) is 16.2. The summed E-state index contributed by atoms with van der Waals surface area (Å²) >= 11 is 0. The molecular formula is C20H28N4O3. The van der Waals surface area contributed by atoms with Gasteiger partial charge in [-0.1, -0.05) is 13.8 Å². The number of nitrogens with zero attached hydrogens (tertiary/aromatic N) is 2. The third-order valence-corrected chi connectivity index (χ3v) is 5.29. The first-order valence-electron chi connectivity index (χ1n) is 9.12. The van der Waals surface area contributed by atoms with E-state index >= 15 is 0 Å². The lowest BCUT2D eigenvalue weighted by molar-refractivity contribution is -0.127. The van der Waals surface area contributed by atoms with E-state index in [1.54, 1.807) is 21.0 Å². The van der Waals surface area contributed by atoms with Crippen LogP contribution in [0.3, 0.4) is 0 Å². The predicted molar refractivity (Wildman–Crippen MR) is 103 cm³/mol. The Hall–Kier alpha value is -2.75. The molecule has 0 aromatic heterocycles. The fourth-order valence-corrected chi connectivity index (χ4v) is 3.08. The van der Waals surface area contributed by atoms with Crippen LogP contribution < -0.4 is 20.7 Å². The first-order chi connectivity index (χ1) is 12.7. The number of ether oxygens (including phenoxy) is 1. The third kappa shape index (κ3) is 5.13. The first-order valence-corrected chi connectivity index (χ1v) is 9.12. The van der Waals surface area contributed by atoms with Gasteiger partial charge in [0.05, 0.1) is 13.2 Å². The van der Waals surface area contributed by atoms with Crippen LogP contribution in [0.5, 0.6) is 5.75 Å². The van der Waals surface area contributed by atoms with Crippen molar-refractivity contribution in [3.8, 4) is 11.8 Å². The van der Waals surface area contributed by atoms with Crippen LogP contribution in [0.4, 0.5) is 5.69 Å². The van der Waals surface area contributed by atoms with E-state index in [0.29, 0.717) is 32.4 Å². The lowest BCUT2D eigenvalue weighted by Crippen LogP contribution is -2.54. The number of carbonyl (C=O) groups excluding carboxylic acids is 2. The van der Waals surface area contributed by atoms with Gasteiger partial charge in [0.25, 0.3) is 0 Å². The summed E-state index contributed by atoms with van der Waals surface area (Å²) in [5, 5.41) is 12.5. The molecule has 1 aliphatic heterocycles. The van der Waals surface area contributed by atoms with E-state index in [-0.39, 0.29) is 12.3 Å². The fourth-order valence-electron chi connectivity index (χ4n) is 3.08. The average Bonchev–Trinajstić information content (AvgIpc) is 2.67. The second-order valence-corrected chi connectivity index (χ2v) is 7.68. The molecule has 0 aliphatic carbocycles. The van der Waals surface area contributed by atoms with Gasteiger partial charge in [0, 0.05) is 43.5 Å². The van der Waals surface area contributed by atoms with Crippen LogP contribution in [-0.4, -0.2) is 37.6 Å². The number of hydrogen-bond acceptors (Lipinski definition) is 5. The van der Waals surface area contributed by atoms with Gasteiger partial charge in [-0.2, -0.15) is 5.26 Å². The first kappa shape index (κ1) is 20.6. The number of rotatable bonds is 7. The highest BCUT2D eigenvalue weighted by Gasteiger charge is 2.36. The number of nitrogens with one attached hydrogen (secondary N) is 1. The molecule has 7 nitrogen and oxygen atoms in total. The van der Waals surface area contributed by atoms with Crippen molar-refractivity contribution in [2.75, 3.05) is 25.1 Å². The van der Waals surface area contributed by atoms with Gasteiger partial charge >= 0.3 is 0 Å². The van der Waals surface area contributed by atoms with E-state index < -0.39 is 16.9 Å². The van der Waals surface area contributed by atoms with Crippen molar-refractivity contribution in [2.45, 2.75) is 45.1 Å². The fraction of sp³-hybridized carbons (Fsp3) is 0.550. The number of benzene rings is 1. The summed E-state index contributed by atoms with van der Waals surface area (Å²) in [6.07, 6.45) is 1.61. The lowest BCUT2D eigenvalue weighted by atomic mass is 9.85. The van der Waals surface area contributed by atoms with E-state index in [2.05, 4.69) is 16.3 Å². The Labute approximate surface area is 160 Å². The van der Waals surface area contributed by atoms with Crippen molar-refractivity contribution < 1.29 is 14.3 Å². The quantitative estimate of drug-likeness (QED) is 0.761. The largest absolute Gasteiger partial charge is 0.497 e. The molecule has 0 saturated carbocycles. The van der Waals surface area contributed by atoms with Gasteiger partial charge < -0.3 is 20.7 Å². The summed E-state index contributed by atoms with van der Waals surface area (Å²) in [6, 6.07) is 10.1. The minimum Gasteiger partial charge on any atom is -0.497 e. The van der Waals surface area contributed by atoms with Crippen LogP contribution in [0, 0.1) is 16.7 Å². The molecule has 1 aliphatic rings. The molecule has 1 saturated heterocycles. The number of anilines is 1. The topological polar surface area (TPSA) is 108 Å². The van der Waals surface area contributed by atoms with Gasteiger partial charge in [-0.3, -0.25) is 9.59 Å². The standard InChI is InChI=1S/C20H28N4O3/c1-19(2,18(22)26)9-8-17(25)23-20(14-21)10-12-24(13-11-20)15-4-6-16(27-3)7-5-15/h4-7H,8-13H2,1-3H3,(H2,22,26)(H,23,25). The van der Waals surface area contributed by atoms with E-state index in [1.165, 1.54) is 0 Å². The van der Waals surface area contributed by atoms with Crippen molar-refractivity contribution in [2.24, 2.45) is 11.1 Å². The number of carbonyl (C=O) groups is 2. The molecule has 1 fully saturated rings. The van der Waals surface area contributed by atoms with Crippen molar-refractivity contribution in [3.05, 3.63) is 24.3 Å². The molecule has 1 heterocycles. The number of amides is 2. The van der Waals surface area contributed by atoms with Crippen molar-refractivity contribution in [3.63, 3.8) is 0 Å². The Morgan fingerprint density at radius 3 is 2.37 bits per heavy atom. The van der Waals surface area contributed by atoms with E-state index in [9.17, 15) is 14.9 Å². The van der Waals surface area contributed by atoms with E-state index in [0.717, 1.165) is 11.4 Å². The second kappa shape index (κ2) is 8.30. The highest BCUT2D eigenvalue weighted by molar-refractivity contribution is 5.82. The summed E-state index contributed by atoms with van der Waals surface area (Å²) in [6.45, 7) is 4.78. The number of primary amides is 1. The SMILES string of the molecule is COc1ccc(N2CCC(C#N)(NC(=O)CCC(C)(C)C(N)=O)CC2)cc1. The summed E-state index contributed by atoms with van der Waals surface area (Å²) in [7, 11) is 1.63. The van der Waals surface area contributed by atoms with Crippen molar-refractivity contribution in [1.82, 2.24) is 5.32 Å². The molecule has 0 unspecified atom stereocenters. The number of piperidine rings is 1. The number of nitrogens with two attached hydrogens (primary N) is 1. The smallest absolute Gasteiger partial charge is 0.223 e. The maximum atomic E-state index is 12.3. The van der Waals surface area contributed by atoms with Gasteiger partial charge in [-0.05, 0) is 30.7 Å². The van der Waals surface area contributed by atoms with Gasteiger partial charge in [0.1, 0.15) is 11.3 Å². The van der Waals surface area contributed by atoms with Crippen LogP contribution in [0.1, 0.15) is 39.5 Å². The molecule has 1 aromatic carbocycles. The van der Waals surface area contributed by atoms with Gasteiger partial charge in [-0.25, -0.2) is 0 Å². The van der Waals surface area contributed by atoms with Crippen LogP contribution >= 0.6 is 0 Å². The average molecular weight is 372 g/mol. The molecule has 1 aromatic rings. The van der Waals surface area contributed by atoms with Crippen molar-refractivity contribution in [1.29, 1.82) is 5.26 Å². The Morgan fingerprint density at radius 2 is 1.89 bits per heavy atom. The minimum absolute atomic E-state index is 0.168. The second-order valence-electron chi connectivity index (χ2n) is 7.68. The van der Waals surface area contributed by atoms with Crippen LogP contribution in [0.2, 0.25) is 0 Å². The summed E-state index contributed by atoms with van der Waals surface area (Å²) in [4.78, 5) is 25.9. The van der Waals surface area contributed by atoms with Crippen LogP contribution in [0.25, 0.3) is 0 Å². The van der Waals surface area contributed by atoms with Crippen LogP contribution in [0.15, 0.2) is 24.3 Å². The molecule has 3 N–H and O–H groups in total. The summed E-state index contributed by atoms with van der Waals surface area (Å²) in [5.74, 6) is 0.148. The van der Waals surface area contributed by atoms with Crippen LogP contribution in [-0.2, 0) is 9.59 Å². The highest BCUT2D eigenvalue weighted by Crippen LogP contribution is 2.28. The number of hydrogen-bond donors (Lipinski definition) is 2. The molecule has 7 heteroatoms. The summed E-state index contributed by atoms with van der Waals surface area (Å²) in [5.41, 5.74) is 4.81. The zero-order valence-electron chi connectivity index (χ0n) is 16.2. The van der Waals surface area contributed by atoms with Gasteiger partial charge in [0.15, 0.2) is 0 Å². The molecule has 2 amide bonds. The Balaban J connectivity index is 1.92. The number of methoxy groups -OCH3 is 1. The molecule has 2 rings (SSSR count). The highest BCUT2D eigenvalue weighted by atomic mass is 16.5. The Morgan fingerprint density at radius 1 is 1.30 bits per heavy atom. The monoisotopic (exact) mass is 372 g/mol. The van der Waals surface area contributed by atoms with Gasteiger partial charge in [-0.15, -0.1) is 0 Å². The minimum atomic E-state index is -0.864. The molecule has 27 heavy (non-hydrogen) atoms. The Bertz CT molecular complexity index is 714. The normalized spacial score (nSPS) is 16.3. The molecule has 146 valence electrons. The number of nitriles is 1. The Kier molecular flexibility index (Phi) is 6.32. The summed E-state index contributed by atoms with van der Waals surface area (Å²) < 4.78 is 5.17. The zero-order chi connectivity index (χ0) is 20.1. The third-order valence-electron chi connectivity index (χ3n) is 5.29. The molecule has 0 radical (unpaired) electrons. The maximum Gasteiger partial charge on any atom is 0.223 e. The van der Waals surface area contributed by atoms with E-state index in [4.69, 9.17) is 10.5 Å².